The zero-order chi connectivity index (χ0) is 4.24. The van der Waals surface area contributed by atoms with Crippen LogP contribution >= 0.6 is 0 Å². The fourth-order valence-electron chi connectivity index (χ4n) is 0.342. The van der Waals surface area contributed by atoms with Crippen molar-refractivity contribution in [2.45, 2.75) is 0 Å². The van der Waals surface area contributed by atoms with Crippen LogP contribution in [0.5, 0.6) is 0 Å². The fourth-order valence-corrected chi connectivity index (χ4v) is 0.342. The molecule has 2 heteroatoms. The summed E-state index contributed by atoms with van der Waals surface area (Å²) in [6, 6.07) is 12.5. The molecule has 0 atom stereocenters. The average Bonchev–Trinajstić information content (AvgIpc) is 1.72. The number of rotatable bonds is 0. The van der Waals surface area contributed by atoms with E-state index < -0.39 is 0 Å². The van der Waals surface area contributed by atoms with Crippen molar-refractivity contribution in [1.29, 1.82) is 0 Å². The van der Waals surface area contributed by atoms with E-state index in [1.807, 2.05) is 30.3 Å². The molecule has 0 nitrogen and oxygen atoms in total. The van der Waals surface area contributed by atoms with Crippen LogP contribution in [0.4, 0.5) is 0 Å². The van der Waals surface area contributed by atoms with Crippen LogP contribution in [-0.2, 0) is 34.1 Å². The van der Waals surface area contributed by atoms with Gasteiger partial charge in [-0.25, -0.2) is 0 Å². The third-order valence-corrected chi connectivity index (χ3v) is 0.607. The fraction of sp³-hybridized carbons (Fsp3) is 0. The largest absolute Gasteiger partial charge is 0.184 e. The van der Waals surface area contributed by atoms with Crippen molar-refractivity contribution < 1.29 is 34.1 Å². The molecule has 1 rings (SSSR count). The maximum atomic E-state index is 2.89. The Hall–Kier alpha value is 0.259. The summed E-state index contributed by atoms with van der Waals surface area (Å²) in [5.74, 6) is 0. The third kappa shape index (κ3) is 4.42. The monoisotopic (exact) mass is 188 g/mol. The van der Waals surface area contributed by atoms with Crippen molar-refractivity contribution in [3.63, 3.8) is 0 Å². The van der Waals surface area contributed by atoms with Crippen molar-refractivity contribution >= 4 is 0 Å². The molecule has 1 aromatic rings. The zero-order valence-electron chi connectivity index (χ0n) is 4.12. The predicted octanol–water partition coefficient (Wildman–Crippen LogP) is 1.48. The van der Waals surface area contributed by atoms with Crippen molar-refractivity contribution in [2.24, 2.45) is 0 Å². The molecule has 0 aromatic heterocycles. The number of benzene rings is 1. The topological polar surface area (TPSA) is 0 Å². The number of hydrogen-bond donors (Lipinski definition) is 0. The van der Waals surface area contributed by atoms with Crippen LogP contribution in [0.2, 0.25) is 0 Å². The Morgan fingerprint density at radius 2 is 1.38 bits per heavy atom. The first-order chi connectivity index (χ1) is 3.00. The molecular formula is C6H5FeMn-. The van der Waals surface area contributed by atoms with Crippen LogP contribution in [0.1, 0.15) is 0 Å². The van der Waals surface area contributed by atoms with E-state index in [2.05, 4.69) is 6.07 Å². The SMILES string of the molecule is [Fe].[Mn].[c-]1ccccc1. The van der Waals surface area contributed by atoms with Crippen LogP contribution in [0.15, 0.2) is 30.3 Å². The molecule has 0 spiro atoms. The molecule has 0 aliphatic heterocycles. The van der Waals surface area contributed by atoms with Gasteiger partial charge in [0.15, 0.2) is 0 Å². The van der Waals surface area contributed by atoms with Crippen LogP contribution < -0.4 is 0 Å². The molecule has 0 fully saturated rings. The molecule has 0 unspecified atom stereocenters. The van der Waals surface area contributed by atoms with Crippen molar-refractivity contribution in [3.05, 3.63) is 36.4 Å². The molecule has 45 valence electrons. The maximum Gasteiger partial charge on any atom is 0 e. The van der Waals surface area contributed by atoms with Gasteiger partial charge in [-0.3, -0.25) is 0 Å². The van der Waals surface area contributed by atoms with E-state index >= 15 is 0 Å². The second kappa shape index (κ2) is 7.26. The number of hydrogen-bond acceptors (Lipinski definition) is 0. The summed E-state index contributed by atoms with van der Waals surface area (Å²) in [4.78, 5) is 0. The molecule has 1 radical (unpaired) electrons. The van der Waals surface area contributed by atoms with Gasteiger partial charge in [-0.2, -0.15) is 36.4 Å². The van der Waals surface area contributed by atoms with Crippen molar-refractivity contribution in [2.75, 3.05) is 0 Å². The molecule has 0 bridgehead atoms. The summed E-state index contributed by atoms with van der Waals surface area (Å²) in [5.41, 5.74) is 0. The molecular weight excluding hydrogens is 183 g/mol. The van der Waals surface area contributed by atoms with Gasteiger partial charge in [-0.1, -0.05) is 0 Å². The molecule has 0 saturated heterocycles. The van der Waals surface area contributed by atoms with Gasteiger partial charge in [0.2, 0.25) is 0 Å². The first-order valence-corrected chi connectivity index (χ1v) is 1.91. The second-order valence-electron chi connectivity index (χ2n) is 1.08. The summed E-state index contributed by atoms with van der Waals surface area (Å²) < 4.78 is 0. The Labute approximate surface area is 70.6 Å². The van der Waals surface area contributed by atoms with Crippen LogP contribution in [0.25, 0.3) is 0 Å². The van der Waals surface area contributed by atoms with Crippen molar-refractivity contribution in [1.82, 2.24) is 0 Å². The van der Waals surface area contributed by atoms with Gasteiger partial charge in [0, 0.05) is 34.1 Å². The maximum absolute atomic E-state index is 2.89. The Bertz CT molecular complexity index is 80.5. The Morgan fingerprint density at radius 3 is 1.50 bits per heavy atom. The second-order valence-corrected chi connectivity index (χ2v) is 1.08. The van der Waals surface area contributed by atoms with E-state index in [1.54, 1.807) is 0 Å². The van der Waals surface area contributed by atoms with Gasteiger partial charge in [0.1, 0.15) is 0 Å². The molecule has 0 aliphatic rings. The Balaban J connectivity index is 0. The van der Waals surface area contributed by atoms with Gasteiger partial charge in [-0.05, 0) is 0 Å². The minimum Gasteiger partial charge on any atom is -0.184 e. The average molecular weight is 188 g/mol. The molecule has 0 amide bonds. The minimum atomic E-state index is 0. The summed E-state index contributed by atoms with van der Waals surface area (Å²) in [5, 5.41) is 0. The smallest absolute Gasteiger partial charge is 0 e. The standard InChI is InChI=1S/C6H5.Fe.Mn/c1-2-4-6-5-3-1;;/h1-5H;;/q-1;;. The van der Waals surface area contributed by atoms with Gasteiger partial charge in [0.25, 0.3) is 0 Å². The molecule has 0 heterocycles. The van der Waals surface area contributed by atoms with E-state index in [9.17, 15) is 0 Å². The molecule has 0 aliphatic carbocycles. The predicted molar refractivity (Wildman–Crippen MR) is 25.3 cm³/mol. The summed E-state index contributed by atoms with van der Waals surface area (Å²) in [7, 11) is 0. The van der Waals surface area contributed by atoms with E-state index in [-0.39, 0.29) is 34.1 Å². The van der Waals surface area contributed by atoms with E-state index in [0.29, 0.717) is 0 Å². The molecule has 1 aromatic carbocycles. The quantitative estimate of drug-likeness (QED) is 0.427. The van der Waals surface area contributed by atoms with E-state index in [4.69, 9.17) is 0 Å². The molecule has 0 saturated carbocycles. The summed E-state index contributed by atoms with van der Waals surface area (Å²) >= 11 is 0. The molecule has 0 N–H and O–H groups in total. The van der Waals surface area contributed by atoms with Crippen LogP contribution in [-0.4, -0.2) is 0 Å². The van der Waals surface area contributed by atoms with Gasteiger partial charge in [-0.15, -0.1) is 0 Å². The summed E-state index contributed by atoms with van der Waals surface area (Å²) in [6.45, 7) is 0. The summed E-state index contributed by atoms with van der Waals surface area (Å²) in [6.07, 6.45) is 0. The zero-order valence-corrected chi connectivity index (χ0v) is 6.40. The van der Waals surface area contributed by atoms with Gasteiger partial charge in [0.05, 0.1) is 0 Å². The third-order valence-electron chi connectivity index (χ3n) is 0.607. The van der Waals surface area contributed by atoms with Crippen molar-refractivity contribution in [3.8, 4) is 0 Å². The van der Waals surface area contributed by atoms with Gasteiger partial charge >= 0.3 is 0 Å². The molecule has 8 heavy (non-hydrogen) atoms. The van der Waals surface area contributed by atoms with E-state index in [0.717, 1.165) is 0 Å². The first kappa shape index (κ1) is 11.1. The minimum absolute atomic E-state index is 0. The first-order valence-electron chi connectivity index (χ1n) is 1.91. The van der Waals surface area contributed by atoms with Gasteiger partial charge < -0.3 is 0 Å². The van der Waals surface area contributed by atoms with E-state index in [1.165, 1.54) is 0 Å². The van der Waals surface area contributed by atoms with Crippen LogP contribution in [0, 0.1) is 6.07 Å². The Morgan fingerprint density at radius 1 is 0.875 bits per heavy atom. The Kier molecular flexibility index (Phi) is 10.1. The van der Waals surface area contributed by atoms with Crippen LogP contribution in [0.3, 0.4) is 0 Å². The normalized spacial score (nSPS) is 6.00.